The summed E-state index contributed by atoms with van der Waals surface area (Å²) in [7, 11) is 0. The molecule has 70 valence electrons. The van der Waals surface area contributed by atoms with Gasteiger partial charge in [-0.25, -0.2) is 13.6 Å². The van der Waals surface area contributed by atoms with Gasteiger partial charge in [0.25, 0.3) is 6.43 Å². The number of benzene rings is 1. The molecule has 1 rings (SSSR count). The van der Waals surface area contributed by atoms with Crippen molar-refractivity contribution in [1.82, 2.24) is 0 Å². The summed E-state index contributed by atoms with van der Waals surface area (Å²) in [4.78, 5) is 10.1. The Hall–Kier alpha value is -1.65. The summed E-state index contributed by atoms with van der Waals surface area (Å²) >= 11 is 0. The normalized spacial score (nSPS) is 10.1. The zero-order valence-electron chi connectivity index (χ0n) is 6.50. The molecule has 0 bridgehead atoms. The highest BCUT2D eigenvalue weighted by molar-refractivity contribution is 5.82. The number of nitrogens with one attached hydrogen (secondary N) is 1. The predicted molar refractivity (Wildman–Crippen MR) is 43.0 cm³/mol. The van der Waals surface area contributed by atoms with Crippen LogP contribution in [0.3, 0.4) is 0 Å². The average Bonchev–Trinajstić information content (AvgIpc) is 2.04. The van der Waals surface area contributed by atoms with Gasteiger partial charge in [-0.05, 0) is 12.1 Å². The molecule has 5 heteroatoms. The maximum atomic E-state index is 12.0. The molecule has 1 aromatic carbocycles. The minimum absolute atomic E-state index is 0.129. The number of rotatable bonds is 2. The van der Waals surface area contributed by atoms with Crippen molar-refractivity contribution < 1.29 is 18.7 Å². The SMILES string of the molecule is O=C(O)Nc1ccc(C(F)F)cc1. The number of hydrogen-bond donors (Lipinski definition) is 2. The van der Waals surface area contributed by atoms with E-state index in [4.69, 9.17) is 5.11 Å². The quantitative estimate of drug-likeness (QED) is 0.747. The molecule has 3 nitrogen and oxygen atoms in total. The van der Waals surface area contributed by atoms with E-state index in [9.17, 15) is 13.6 Å². The summed E-state index contributed by atoms with van der Waals surface area (Å²) in [6.07, 6.45) is -3.75. The zero-order valence-corrected chi connectivity index (χ0v) is 6.50. The van der Waals surface area contributed by atoms with Crippen LogP contribution in [0.4, 0.5) is 19.3 Å². The summed E-state index contributed by atoms with van der Waals surface area (Å²) < 4.78 is 24.0. The lowest BCUT2D eigenvalue weighted by molar-refractivity contribution is 0.151. The molecule has 0 aliphatic rings. The summed E-state index contributed by atoms with van der Waals surface area (Å²) in [6, 6.07) is 4.93. The lowest BCUT2D eigenvalue weighted by atomic mass is 10.2. The Labute approximate surface area is 73.0 Å². The van der Waals surface area contributed by atoms with Gasteiger partial charge in [-0.15, -0.1) is 0 Å². The van der Waals surface area contributed by atoms with E-state index in [-0.39, 0.29) is 11.3 Å². The van der Waals surface area contributed by atoms with E-state index in [0.29, 0.717) is 0 Å². The van der Waals surface area contributed by atoms with Crippen LogP contribution in [-0.2, 0) is 0 Å². The first kappa shape index (κ1) is 9.44. The Morgan fingerprint density at radius 3 is 2.23 bits per heavy atom. The van der Waals surface area contributed by atoms with Gasteiger partial charge in [0, 0.05) is 11.3 Å². The van der Waals surface area contributed by atoms with Gasteiger partial charge in [-0.2, -0.15) is 0 Å². The van der Waals surface area contributed by atoms with Gasteiger partial charge in [-0.3, -0.25) is 5.32 Å². The number of carbonyl (C=O) groups is 1. The molecule has 1 amide bonds. The highest BCUT2D eigenvalue weighted by Gasteiger charge is 2.06. The van der Waals surface area contributed by atoms with Crippen molar-refractivity contribution in [2.75, 3.05) is 5.32 Å². The molecule has 13 heavy (non-hydrogen) atoms. The zero-order chi connectivity index (χ0) is 9.84. The fraction of sp³-hybridized carbons (Fsp3) is 0.125. The summed E-state index contributed by atoms with van der Waals surface area (Å²) in [6.45, 7) is 0. The summed E-state index contributed by atoms with van der Waals surface area (Å²) in [5.74, 6) is 0. The van der Waals surface area contributed by atoms with Crippen LogP contribution in [0.15, 0.2) is 24.3 Å². The molecule has 0 aliphatic heterocycles. The van der Waals surface area contributed by atoms with Crippen LogP contribution in [0.1, 0.15) is 12.0 Å². The predicted octanol–water partition coefficient (Wildman–Crippen LogP) is 2.71. The van der Waals surface area contributed by atoms with Gasteiger partial charge in [-0.1, -0.05) is 12.1 Å². The Balaban J connectivity index is 2.75. The molecule has 0 saturated carbocycles. The van der Waals surface area contributed by atoms with Gasteiger partial charge in [0.15, 0.2) is 0 Å². The third-order valence-corrected chi connectivity index (χ3v) is 1.41. The first-order chi connectivity index (χ1) is 6.09. The summed E-state index contributed by atoms with van der Waals surface area (Å²) in [5, 5.41) is 10.3. The minimum atomic E-state index is -2.53. The molecule has 0 heterocycles. The van der Waals surface area contributed by atoms with Gasteiger partial charge < -0.3 is 5.11 Å². The van der Waals surface area contributed by atoms with Crippen molar-refractivity contribution in [3.8, 4) is 0 Å². The van der Waals surface area contributed by atoms with Crippen molar-refractivity contribution in [3.63, 3.8) is 0 Å². The van der Waals surface area contributed by atoms with Crippen LogP contribution in [0.2, 0.25) is 0 Å². The third kappa shape index (κ3) is 2.70. The van der Waals surface area contributed by atoms with Gasteiger partial charge in [0.1, 0.15) is 0 Å². The number of carboxylic acid groups (broad SMARTS) is 1. The minimum Gasteiger partial charge on any atom is -0.465 e. The highest BCUT2D eigenvalue weighted by atomic mass is 19.3. The second-order valence-corrected chi connectivity index (χ2v) is 2.35. The molecule has 0 atom stereocenters. The van der Waals surface area contributed by atoms with Crippen LogP contribution < -0.4 is 5.32 Å². The molecule has 0 saturated heterocycles. The smallest absolute Gasteiger partial charge is 0.409 e. The van der Waals surface area contributed by atoms with E-state index in [2.05, 4.69) is 0 Å². The molecular weight excluding hydrogens is 180 g/mol. The number of halogens is 2. The van der Waals surface area contributed by atoms with Crippen LogP contribution in [0.25, 0.3) is 0 Å². The Morgan fingerprint density at radius 2 is 1.85 bits per heavy atom. The van der Waals surface area contributed by atoms with E-state index in [1.807, 2.05) is 5.32 Å². The van der Waals surface area contributed by atoms with Crippen molar-refractivity contribution in [1.29, 1.82) is 0 Å². The topological polar surface area (TPSA) is 49.3 Å². The molecule has 0 unspecified atom stereocenters. The van der Waals surface area contributed by atoms with Crippen molar-refractivity contribution in [2.45, 2.75) is 6.43 Å². The van der Waals surface area contributed by atoms with Gasteiger partial charge >= 0.3 is 6.09 Å². The lowest BCUT2D eigenvalue weighted by Crippen LogP contribution is -2.06. The highest BCUT2D eigenvalue weighted by Crippen LogP contribution is 2.20. The van der Waals surface area contributed by atoms with E-state index in [1.165, 1.54) is 24.3 Å². The van der Waals surface area contributed by atoms with Crippen LogP contribution in [0, 0.1) is 0 Å². The first-order valence-electron chi connectivity index (χ1n) is 3.47. The average molecular weight is 187 g/mol. The maximum absolute atomic E-state index is 12.0. The fourth-order valence-corrected chi connectivity index (χ4v) is 0.835. The number of amides is 1. The maximum Gasteiger partial charge on any atom is 0.409 e. The lowest BCUT2D eigenvalue weighted by Gasteiger charge is -2.02. The molecule has 0 aliphatic carbocycles. The Bertz CT molecular complexity index is 298. The number of anilines is 1. The Kier molecular flexibility index (Phi) is 2.79. The van der Waals surface area contributed by atoms with Gasteiger partial charge in [0.2, 0.25) is 0 Å². The van der Waals surface area contributed by atoms with E-state index < -0.39 is 12.5 Å². The van der Waals surface area contributed by atoms with Crippen LogP contribution in [-0.4, -0.2) is 11.2 Å². The van der Waals surface area contributed by atoms with Crippen molar-refractivity contribution in [2.24, 2.45) is 0 Å². The molecule has 0 spiro atoms. The molecule has 0 radical (unpaired) electrons. The van der Waals surface area contributed by atoms with Gasteiger partial charge in [0.05, 0.1) is 0 Å². The van der Waals surface area contributed by atoms with Crippen LogP contribution in [0.5, 0.6) is 0 Å². The second-order valence-electron chi connectivity index (χ2n) is 2.35. The van der Waals surface area contributed by atoms with E-state index in [0.717, 1.165) is 0 Å². The molecular formula is C8H7F2NO2. The van der Waals surface area contributed by atoms with Crippen molar-refractivity contribution >= 4 is 11.8 Å². The molecule has 0 aromatic heterocycles. The largest absolute Gasteiger partial charge is 0.465 e. The van der Waals surface area contributed by atoms with E-state index >= 15 is 0 Å². The third-order valence-electron chi connectivity index (χ3n) is 1.41. The summed E-state index contributed by atoms with van der Waals surface area (Å²) in [5.41, 5.74) is 0.146. The number of alkyl halides is 2. The van der Waals surface area contributed by atoms with Crippen molar-refractivity contribution in [3.05, 3.63) is 29.8 Å². The van der Waals surface area contributed by atoms with Crippen LogP contribution >= 0.6 is 0 Å². The monoisotopic (exact) mass is 187 g/mol. The molecule has 2 N–H and O–H groups in total. The standard InChI is InChI=1S/C8H7F2NO2/c9-7(10)5-1-3-6(4-2-5)11-8(12)13/h1-4,7,11H,(H,12,13). The van der Waals surface area contributed by atoms with E-state index in [1.54, 1.807) is 0 Å². The number of hydrogen-bond acceptors (Lipinski definition) is 1. The Morgan fingerprint density at radius 1 is 1.31 bits per heavy atom. The molecule has 1 aromatic rings. The second kappa shape index (κ2) is 3.84. The first-order valence-corrected chi connectivity index (χ1v) is 3.47. The molecule has 0 fully saturated rings. The fourth-order valence-electron chi connectivity index (χ4n) is 0.835.